The molecule has 0 atom stereocenters. The number of carbonyl (C=O) groups excluding carboxylic acids is 1. The number of nitrogens with one attached hydrogen (secondary N) is 2. The van der Waals surface area contributed by atoms with Crippen molar-refractivity contribution in [3.63, 3.8) is 0 Å². The van der Waals surface area contributed by atoms with Gasteiger partial charge in [0.15, 0.2) is 14.6 Å². The molecule has 0 radical (unpaired) electrons. The minimum absolute atomic E-state index is 0.249. The second-order valence-corrected chi connectivity index (χ2v) is 8.57. The zero-order valence-corrected chi connectivity index (χ0v) is 15.3. The molecular formula is C17H26N2O4S. The molecule has 6 nitrogen and oxygen atoms in total. The van der Waals surface area contributed by atoms with Gasteiger partial charge in [0.05, 0.1) is 6.61 Å². The first-order chi connectivity index (χ1) is 11.3. The van der Waals surface area contributed by atoms with Crippen molar-refractivity contribution < 1.29 is 17.9 Å². The minimum Gasteiger partial charge on any atom is -0.494 e. The van der Waals surface area contributed by atoms with Crippen molar-refractivity contribution in [3.05, 3.63) is 29.3 Å². The topological polar surface area (TPSA) is 84.5 Å². The Hall–Kier alpha value is -1.60. The summed E-state index contributed by atoms with van der Waals surface area (Å²) in [5.74, 6) is 0.297. The van der Waals surface area contributed by atoms with Gasteiger partial charge in [0.1, 0.15) is 5.75 Å². The molecule has 1 aliphatic heterocycles. The Morgan fingerprint density at radius 3 is 2.58 bits per heavy atom. The van der Waals surface area contributed by atoms with E-state index in [1.54, 1.807) is 0 Å². The van der Waals surface area contributed by atoms with Gasteiger partial charge in [-0.15, -0.1) is 0 Å². The van der Waals surface area contributed by atoms with E-state index in [4.69, 9.17) is 4.74 Å². The van der Waals surface area contributed by atoms with Crippen molar-refractivity contribution in [1.82, 2.24) is 10.6 Å². The number of benzene rings is 1. The number of hydrogen-bond acceptors (Lipinski definition) is 5. The van der Waals surface area contributed by atoms with E-state index in [-0.39, 0.29) is 6.54 Å². The lowest BCUT2D eigenvalue weighted by Crippen LogP contribution is -2.57. The van der Waals surface area contributed by atoms with E-state index in [0.29, 0.717) is 32.5 Å². The highest BCUT2D eigenvalue weighted by Gasteiger charge is 2.48. The summed E-state index contributed by atoms with van der Waals surface area (Å²) in [6, 6.07) is 5.76. The highest BCUT2D eigenvalue weighted by molar-refractivity contribution is 7.92. The maximum absolute atomic E-state index is 12.7. The molecule has 0 unspecified atom stereocenters. The molecule has 0 aromatic heterocycles. The summed E-state index contributed by atoms with van der Waals surface area (Å²) >= 11 is 0. The lowest BCUT2D eigenvalue weighted by molar-refractivity contribution is -0.124. The quantitative estimate of drug-likeness (QED) is 0.801. The predicted octanol–water partition coefficient (Wildman–Crippen LogP) is 1.18. The minimum atomic E-state index is -3.50. The maximum Gasteiger partial charge on any atom is 0.241 e. The largest absolute Gasteiger partial charge is 0.494 e. The molecule has 0 aliphatic carbocycles. The van der Waals surface area contributed by atoms with Crippen molar-refractivity contribution in [1.29, 1.82) is 0 Å². The van der Waals surface area contributed by atoms with Gasteiger partial charge in [0, 0.05) is 18.4 Å². The molecule has 2 N–H and O–H groups in total. The number of carbonyl (C=O) groups is 1. The van der Waals surface area contributed by atoms with E-state index < -0.39 is 20.5 Å². The molecule has 1 aromatic rings. The summed E-state index contributed by atoms with van der Waals surface area (Å²) in [6.45, 7) is 5.70. The van der Waals surface area contributed by atoms with Crippen LogP contribution < -0.4 is 15.4 Å². The molecule has 1 saturated heterocycles. The van der Waals surface area contributed by atoms with Crippen LogP contribution in [0.4, 0.5) is 0 Å². The van der Waals surface area contributed by atoms with Crippen LogP contribution in [-0.2, 0) is 21.2 Å². The molecule has 24 heavy (non-hydrogen) atoms. The van der Waals surface area contributed by atoms with E-state index >= 15 is 0 Å². The molecule has 134 valence electrons. The van der Waals surface area contributed by atoms with Crippen LogP contribution in [0.25, 0.3) is 0 Å². The number of sulfone groups is 1. The molecule has 1 amide bonds. The Kier molecular flexibility index (Phi) is 5.87. The fourth-order valence-electron chi connectivity index (χ4n) is 3.03. The van der Waals surface area contributed by atoms with Crippen LogP contribution >= 0.6 is 0 Å². The molecule has 0 spiro atoms. The second kappa shape index (κ2) is 7.53. The van der Waals surface area contributed by atoms with Crippen LogP contribution in [0.15, 0.2) is 18.2 Å². The summed E-state index contributed by atoms with van der Waals surface area (Å²) in [7, 11) is -3.50. The first-order valence-corrected chi connectivity index (χ1v) is 10.1. The van der Waals surface area contributed by atoms with Crippen LogP contribution in [0, 0.1) is 6.92 Å². The number of rotatable bonds is 6. The summed E-state index contributed by atoms with van der Waals surface area (Å²) in [6.07, 6.45) is 1.74. The fraction of sp³-hybridized carbons (Fsp3) is 0.588. The first kappa shape index (κ1) is 18.7. The van der Waals surface area contributed by atoms with E-state index in [1.165, 1.54) is 0 Å². The molecular weight excluding hydrogens is 328 g/mol. The Morgan fingerprint density at radius 2 is 2.00 bits per heavy atom. The van der Waals surface area contributed by atoms with Gasteiger partial charge in [-0.1, -0.05) is 12.1 Å². The standard InChI is InChI=1S/C17H26N2O4S/c1-4-23-15-11-13(2)5-6-14(15)12-19-16(20)17(24(3,21)22)7-9-18-10-8-17/h5-6,11,18H,4,7-10,12H2,1-3H3,(H,19,20). The Labute approximate surface area is 143 Å². The number of amides is 1. The van der Waals surface area contributed by atoms with Gasteiger partial charge >= 0.3 is 0 Å². The zero-order valence-electron chi connectivity index (χ0n) is 14.5. The van der Waals surface area contributed by atoms with Crippen molar-refractivity contribution in [2.75, 3.05) is 26.0 Å². The van der Waals surface area contributed by atoms with Gasteiger partial charge in [0.2, 0.25) is 5.91 Å². The molecule has 0 saturated carbocycles. The van der Waals surface area contributed by atoms with E-state index in [0.717, 1.165) is 23.1 Å². The van der Waals surface area contributed by atoms with Crippen LogP contribution in [0.2, 0.25) is 0 Å². The molecule has 1 fully saturated rings. The normalized spacial score (nSPS) is 17.3. The third-order valence-corrected chi connectivity index (χ3v) is 6.51. The monoisotopic (exact) mass is 354 g/mol. The van der Waals surface area contributed by atoms with Crippen molar-refractivity contribution in [2.45, 2.75) is 38.0 Å². The van der Waals surface area contributed by atoms with Crippen LogP contribution in [0.1, 0.15) is 30.9 Å². The third kappa shape index (κ3) is 3.89. The highest BCUT2D eigenvalue weighted by atomic mass is 32.2. The maximum atomic E-state index is 12.7. The number of ether oxygens (including phenoxy) is 1. The molecule has 0 bridgehead atoms. The Balaban J connectivity index is 2.17. The first-order valence-electron chi connectivity index (χ1n) is 8.21. The number of aryl methyl sites for hydroxylation is 1. The van der Waals surface area contributed by atoms with Gasteiger partial charge in [0.25, 0.3) is 0 Å². The predicted molar refractivity (Wildman–Crippen MR) is 93.9 cm³/mol. The smallest absolute Gasteiger partial charge is 0.241 e. The number of hydrogen-bond donors (Lipinski definition) is 2. The summed E-state index contributed by atoms with van der Waals surface area (Å²) < 4.78 is 28.8. The average molecular weight is 354 g/mol. The number of piperidine rings is 1. The average Bonchev–Trinajstić information content (AvgIpc) is 2.54. The van der Waals surface area contributed by atoms with E-state index in [1.807, 2.05) is 32.0 Å². The molecule has 2 rings (SSSR count). The van der Waals surface area contributed by atoms with Gasteiger partial charge in [-0.3, -0.25) is 4.79 Å². The van der Waals surface area contributed by atoms with Crippen molar-refractivity contribution in [3.8, 4) is 5.75 Å². The lowest BCUT2D eigenvalue weighted by Gasteiger charge is -2.34. The molecule has 1 aliphatic rings. The van der Waals surface area contributed by atoms with Crippen LogP contribution in [0.5, 0.6) is 5.75 Å². The summed E-state index contributed by atoms with van der Waals surface area (Å²) in [5, 5.41) is 5.92. The van der Waals surface area contributed by atoms with Crippen LogP contribution in [-0.4, -0.2) is 45.0 Å². The SMILES string of the molecule is CCOc1cc(C)ccc1CNC(=O)C1(S(C)(=O)=O)CCNCC1. The molecule has 1 heterocycles. The Bertz CT molecular complexity index is 695. The van der Waals surface area contributed by atoms with E-state index in [9.17, 15) is 13.2 Å². The van der Waals surface area contributed by atoms with E-state index in [2.05, 4.69) is 10.6 Å². The van der Waals surface area contributed by atoms with Crippen LogP contribution in [0.3, 0.4) is 0 Å². The molecule has 7 heteroatoms. The molecule has 1 aromatic carbocycles. The van der Waals surface area contributed by atoms with Crippen molar-refractivity contribution >= 4 is 15.7 Å². The lowest BCUT2D eigenvalue weighted by atomic mass is 9.95. The van der Waals surface area contributed by atoms with Gasteiger partial charge in [-0.2, -0.15) is 0 Å². The highest BCUT2D eigenvalue weighted by Crippen LogP contribution is 2.28. The van der Waals surface area contributed by atoms with Crippen molar-refractivity contribution in [2.24, 2.45) is 0 Å². The van der Waals surface area contributed by atoms with Gasteiger partial charge in [-0.05, 0) is 51.4 Å². The summed E-state index contributed by atoms with van der Waals surface area (Å²) in [5.41, 5.74) is 1.91. The van der Waals surface area contributed by atoms with Gasteiger partial charge in [-0.25, -0.2) is 8.42 Å². The third-order valence-electron chi connectivity index (χ3n) is 4.50. The Morgan fingerprint density at radius 1 is 1.33 bits per heavy atom. The van der Waals surface area contributed by atoms with Gasteiger partial charge < -0.3 is 15.4 Å². The fourth-order valence-corrected chi connectivity index (χ4v) is 4.39. The zero-order chi connectivity index (χ0) is 17.8. The summed E-state index contributed by atoms with van der Waals surface area (Å²) in [4.78, 5) is 12.7. The second-order valence-electron chi connectivity index (χ2n) is 6.24.